The van der Waals surface area contributed by atoms with Crippen LogP contribution in [-0.4, -0.2) is 40.1 Å². The monoisotopic (exact) mass is 235 g/mol. The van der Waals surface area contributed by atoms with E-state index in [-0.39, 0.29) is 5.91 Å². The standard InChI is InChI=1S/C12H17N3O2/c13-7-10-6-9(3-4-14-10)12(17)15-5-1-2-11(16)8-15/h3-4,6,11,16H,1-2,5,7-8,13H2. The van der Waals surface area contributed by atoms with E-state index in [9.17, 15) is 9.90 Å². The first-order valence-corrected chi connectivity index (χ1v) is 5.83. The number of aromatic nitrogens is 1. The number of carbonyl (C=O) groups excluding carboxylic acids is 1. The van der Waals surface area contributed by atoms with Crippen molar-refractivity contribution in [2.24, 2.45) is 5.73 Å². The molecular weight excluding hydrogens is 218 g/mol. The highest BCUT2D eigenvalue weighted by molar-refractivity contribution is 5.94. The number of β-amino-alcohol motifs (C(OH)–C–C–N with tert-alkyl or cyclic N) is 1. The van der Waals surface area contributed by atoms with Crippen molar-refractivity contribution in [3.05, 3.63) is 29.6 Å². The highest BCUT2D eigenvalue weighted by Crippen LogP contribution is 2.13. The second kappa shape index (κ2) is 5.25. The quantitative estimate of drug-likeness (QED) is 0.764. The zero-order chi connectivity index (χ0) is 12.3. The summed E-state index contributed by atoms with van der Waals surface area (Å²) in [7, 11) is 0. The Hall–Kier alpha value is -1.46. The number of amides is 1. The molecule has 1 fully saturated rings. The van der Waals surface area contributed by atoms with Gasteiger partial charge >= 0.3 is 0 Å². The second-order valence-electron chi connectivity index (χ2n) is 4.29. The molecule has 1 aromatic rings. The fourth-order valence-electron chi connectivity index (χ4n) is 2.04. The van der Waals surface area contributed by atoms with Crippen molar-refractivity contribution in [3.63, 3.8) is 0 Å². The van der Waals surface area contributed by atoms with Crippen LogP contribution in [-0.2, 0) is 6.54 Å². The third kappa shape index (κ3) is 2.81. The summed E-state index contributed by atoms with van der Waals surface area (Å²) in [6.45, 7) is 1.44. The van der Waals surface area contributed by atoms with Crippen LogP contribution in [0.15, 0.2) is 18.3 Å². The highest BCUT2D eigenvalue weighted by Gasteiger charge is 2.23. The summed E-state index contributed by atoms with van der Waals surface area (Å²) in [5.41, 5.74) is 6.79. The molecule has 1 aromatic heterocycles. The van der Waals surface area contributed by atoms with Gasteiger partial charge < -0.3 is 15.7 Å². The predicted molar refractivity (Wildman–Crippen MR) is 63.3 cm³/mol. The minimum atomic E-state index is -0.400. The first-order chi connectivity index (χ1) is 8.20. The molecule has 0 radical (unpaired) electrons. The van der Waals surface area contributed by atoms with Gasteiger partial charge in [-0.25, -0.2) is 0 Å². The summed E-state index contributed by atoms with van der Waals surface area (Å²) in [6.07, 6.45) is 2.81. The minimum Gasteiger partial charge on any atom is -0.391 e. The summed E-state index contributed by atoms with van der Waals surface area (Å²) < 4.78 is 0. The van der Waals surface area contributed by atoms with Crippen molar-refractivity contribution < 1.29 is 9.90 Å². The minimum absolute atomic E-state index is 0.0548. The van der Waals surface area contributed by atoms with E-state index < -0.39 is 6.10 Å². The fourth-order valence-corrected chi connectivity index (χ4v) is 2.04. The number of piperidine rings is 1. The van der Waals surface area contributed by atoms with Crippen LogP contribution < -0.4 is 5.73 Å². The van der Waals surface area contributed by atoms with Gasteiger partial charge in [-0.1, -0.05) is 0 Å². The zero-order valence-corrected chi connectivity index (χ0v) is 9.67. The summed E-state index contributed by atoms with van der Waals surface area (Å²) >= 11 is 0. The molecule has 2 rings (SSSR count). The molecule has 3 N–H and O–H groups in total. The van der Waals surface area contributed by atoms with Gasteiger partial charge in [-0.05, 0) is 25.0 Å². The van der Waals surface area contributed by atoms with Crippen LogP contribution in [0.25, 0.3) is 0 Å². The summed E-state index contributed by atoms with van der Waals surface area (Å²) in [4.78, 5) is 17.9. The third-order valence-electron chi connectivity index (χ3n) is 2.96. The number of hydrogen-bond acceptors (Lipinski definition) is 4. The van der Waals surface area contributed by atoms with Crippen LogP contribution in [0.5, 0.6) is 0 Å². The lowest BCUT2D eigenvalue weighted by atomic mass is 10.1. The van der Waals surface area contributed by atoms with Gasteiger partial charge in [-0.3, -0.25) is 9.78 Å². The Balaban J connectivity index is 2.12. The van der Waals surface area contributed by atoms with Crippen molar-refractivity contribution >= 4 is 5.91 Å². The van der Waals surface area contributed by atoms with E-state index in [1.807, 2.05) is 0 Å². The predicted octanol–water partition coefficient (Wildman–Crippen LogP) is 0.137. The van der Waals surface area contributed by atoms with E-state index in [4.69, 9.17) is 5.73 Å². The average Bonchev–Trinajstić information content (AvgIpc) is 2.38. The maximum absolute atomic E-state index is 12.2. The van der Waals surface area contributed by atoms with Gasteiger partial charge in [0.1, 0.15) is 0 Å². The molecule has 17 heavy (non-hydrogen) atoms. The molecule has 1 atom stereocenters. The second-order valence-corrected chi connectivity index (χ2v) is 4.29. The number of likely N-dealkylation sites (tertiary alicyclic amines) is 1. The molecule has 1 amide bonds. The summed E-state index contributed by atoms with van der Waals surface area (Å²) in [6, 6.07) is 3.39. The van der Waals surface area contributed by atoms with Crippen LogP contribution >= 0.6 is 0 Å². The van der Waals surface area contributed by atoms with E-state index in [0.29, 0.717) is 30.9 Å². The Morgan fingerprint density at radius 3 is 3.18 bits per heavy atom. The number of hydrogen-bond donors (Lipinski definition) is 2. The molecule has 1 aliphatic heterocycles. The smallest absolute Gasteiger partial charge is 0.254 e. The highest BCUT2D eigenvalue weighted by atomic mass is 16.3. The van der Waals surface area contributed by atoms with Crippen molar-refractivity contribution in [2.75, 3.05) is 13.1 Å². The first kappa shape index (κ1) is 12.0. The Morgan fingerprint density at radius 2 is 2.47 bits per heavy atom. The zero-order valence-electron chi connectivity index (χ0n) is 9.67. The largest absolute Gasteiger partial charge is 0.391 e. The van der Waals surface area contributed by atoms with Crippen LogP contribution in [0, 0.1) is 0 Å². The van der Waals surface area contributed by atoms with Gasteiger partial charge in [0.25, 0.3) is 5.91 Å². The topological polar surface area (TPSA) is 79.5 Å². The number of nitrogens with zero attached hydrogens (tertiary/aromatic N) is 2. The molecule has 0 bridgehead atoms. The van der Waals surface area contributed by atoms with E-state index in [0.717, 1.165) is 12.8 Å². The Labute approximate surface area is 100 Å². The molecule has 0 aromatic carbocycles. The molecule has 0 aliphatic carbocycles. The average molecular weight is 235 g/mol. The van der Waals surface area contributed by atoms with E-state index in [2.05, 4.69) is 4.98 Å². The van der Waals surface area contributed by atoms with Crippen molar-refractivity contribution in [3.8, 4) is 0 Å². The van der Waals surface area contributed by atoms with Crippen LogP contribution in [0.4, 0.5) is 0 Å². The molecule has 92 valence electrons. The first-order valence-electron chi connectivity index (χ1n) is 5.83. The van der Waals surface area contributed by atoms with Crippen LogP contribution in [0.3, 0.4) is 0 Å². The van der Waals surface area contributed by atoms with Crippen molar-refractivity contribution in [1.29, 1.82) is 0 Å². The number of nitrogens with two attached hydrogens (primary N) is 1. The molecule has 2 heterocycles. The summed E-state index contributed by atoms with van der Waals surface area (Å²) in [5.74, 6) is -0.0548. The third-order valence-corrected chi connectivity index (χ3v) is 2.96. The number of aliphatic hydroxyl groups is 1. The normalized spacial score (nSPS) is 20.4. The van der Waals surface area contributed by atoms with Crippen LogP contribution in [0.2, 0.25) is 0 Å². The molecule has 1 saturated heterocycles. The van der Waals surface area contributed by atoms with Crippen molar-refractivity contribution in [1.82, 2.24) is 9.88 Å². The maximum atomic E-state index is 12.2. The van der Waals surface area contributed by atoms with E-state index >= 15 is 0 Å². The fraction of sp³-hybridized carbons (Fsp3) is 0.500. The number of aliphatic hydroxyl groups excluding tert-OH is 1. The molecule has 5 nitrogen and oxygen atoms in total. The number of rotatable bonds is 2. The molecule has 0 spiro atoms. The van der Waals surface area contributed by atoms with Gasteiger partial charge in [0.05, 0.1) is 11.8 Å². The lowest BCUT2D eigenvalue weighted by molar-refractivity contribution is 0.0473. The molecule has 5 heteroatoms. The van der Waals surface area contributed by atoms with Gasteiger partial charge in [-0.2, -0.15) is 0 Å². The molecule has 1 aliphatic rings. The Bertz CT molecular complexity index is 408. The van der Waals surface area contributed by atoms with E-state index in [1.165, 1.54) is 0 Å². The van der Waals surface area contributed by atoms with Crippen LogP contribution in [0.1, 0.15) is 28.9 Å². The number of carbonyl (C=O) groups is 1. The number of pyridine rings is 1. The van der Waals surface area contributed by atoms with Gasteiger partial charge in [-0.15, -0.1) is 0 Å². The molecule has 0 saturated carbocycles. The Kier molecular flexibility index (Phi) is 3.71. The molecule has 1 unspecified atom stereocenters. The van der Waals surface area contributed by atoms with Gasteiger partial charge in [0.2, 0.25) is 0 Å². The lowest BCUT2D eigenvalue weighted by Gasteiger charge is -2.30. The summed E-state index contributed by atoms with van der Waals surface area (Å²) in [5, 5.41) is 9.55. The van der Waals surface area contributed by atoms with E-state index in [1.54, 1.807) is 23.2 Å². The molecular formula is C12H17N3O2. The van der Waals surface area contributed by atoms with Gasteiger partial charge in [0, 0.05) is 31.4 Å². The Morgan fingerprint density at radius 1 is 1.65 bits per heavy atom. The van der Waals surface area contributed by atoms with Crippen molar-refractivity contribution in [2.45, 2.75) is 25.5 Å². The SMILES string of the molecule is NCc1cc(C(=O)N2CCCC(O)C2)ccn1. The lowest BCUT2D eigenvalue weighted by Crippen LogP contribution is -2.42. The maximum Gasteiger partial charge on any atom is 0.254 e. The van der Waals surface area contributed by atoms with Gasteiger partial charge in [0.15, 0.2) is 0 Å².